The Balaban J connectivity index is 1.49. The molecule has 1 fully saturated rings. The van der Waals surface area contributed by atoms with Gasteiger partial charge in [-0.2, -0.15) is 0 Å². The number of hydrogen-bond donors (Lipinski definition) is 0. The van der Waals surface area contributed by atoms with Crippen LogP contribution in [0.3, 0.4) is 0 Å². The number of anilines is 1. The molecule has 6 heteroatoms. The summed E-state index contributed by atoms with van der Waals surface area (Å²) < 4.78 is 13.7. The summed E-state index contributed by atoms with van der Waals surface area (Å²) >= 11 is 0. The smallest absolute Gasteiger partial charge is 0.242 e. The number of amides is 2. The molecule has 0 bridgehead atoms. The zero-order chi connectivity index (χ0) is 19.2. The van der Waals surface area contributed by atoms with Crippen molar-refractivity contribution >= 4 is 17.5 Å². The lowest BCUT2D eigenvalue weighted by atomic mass is 10.1. The summed E-state index contributed by atoms with van der Waals surface area (Å²) in [5, 5.41) is 0. The van der Waals surface area contributed by atoms with Crippen LogP contribution in [-0.4, -0.2) is 61.4 Å². The molecule has 142 valence electrons. The first-order chi connectivity index (χ1) is 13.0. The van der Waals surface area contributed by atoms with Crippen LogP contribution in [0.5, 0.6) is 0 Å². The molecule has 1 aliphatic heterocycles. The summed E-state index contributed by atoms with van der Waals surface area (Å²) in [5.74, 6) is -0.417. The van der Waals surface area contributed by atoms with Crippen molar-refractivity contribution in [3.05, 3.63) is 66.0 Å². The van der Waals surface area contributed by atoms with E-state index in [0.717, 1.165) is 5.69 Å². The van der Waals surface area contributed by atoms with Crippen LogP contribution in [0.4, 0.5) is 10.1 Å². The van der Waals surface area contributed by atoms with Crippen LogP contribution in [0.2, 0.25) is 0 Å². The molecule has 0 atom stereocenters. The zero-order valence-electron chi connectivity index (χ0n) is 15.5. The molecule has 1 heterocycles. The molecule has 0 spiro atoms. The third kappa shape index (κ3) is 4.84. The molecule has 0 aliphatic carbocycles. The van der Waals surface area contributed by atoms with Crippen LogP contribution in [0.15, 0.2) is 54.6 Å². The SMILES string of the molecule is CN(CC(=O)N1CCN(C(=O)Cc2ccccc2F)CC1)c1ccccc1. The minimum absolute atomic E-state index is 0.0440. The monoisotopic (exact) mass is 369 g/mol. The van der Waals surface area contributed by atoms with Crippen LogP contribution in [0, 0.1) is 5.82 Å². The van der Waals surface area contributed by atoms with Gasteiger partial charge >= 0.3 is 0 Å². The zero-order valence-corrected chi connectivity index (χ0v) is 15.5. The van der Waals surface area contributed by atoms with E-state index in [2.05, 4.69) is 0 Å². The van der Waals surface area contributed by atoms with E-state index < -0.39 is 0 Å². The number of likely N-dealkylation sites (N-methyl/N-ethyl adjacent to an activating group) is 1. The molecule has 1 saturated heterocycles. The van der Waals surface area contributed by atoms with Gasteiger partial charge in [0.25, 0.3) is 0 Å². The van der Waals surface area contributed by atoms with Crippen molar-refractivity contribution in [1.82, 2.24) is 9.80 Å². The standard InChI is InChI=1S/C21H24FN3O2/c1-23(18-8-3-2-4-9-18)16-21(27)25-13-11-24(12-14-25)20(26)15-17-7-5-6-10-19(17)22/h2-10H,11-16H2,1H3. The number of nitrogens with zero attached hydrogens (tertiary/aromatic N) is 3. The molecular weight excluding hydrogens is 345 g/mol. The molecule has 2 aromatic rings. The lowest BCUT2D eigenvalue weighted by Crippen LogP contribution is -2.52. The van der Waals surface area contributed by atoms with Crippen molar-refractivity contribution in [3.63, 3.8) is 0 Å². The van der Waals surface area contributed by atoms with Crippen LogP contribution >= 0.6 is 0 Å². The highest BCUT2D eigenvalue weighted by Crippen LogP contribution is 2.13. The van der Waals surface area contributed by atoms with Gasteiger partial charge in [-0.05, 0) is 23.8 Å². The van der Waals surface area contributed by atoms with E-state index >= 15 is 0 Å². The molecule has 0 radical (unpaired) electrons. The first kappa shape index (κ1) is 18.9. The molecule has 2 amide bonds. The second-order valence-corrected chi connectivity index (χ2v) is 6.72. The van der Waals surface area contributed by atoms with Crippen molar-refractivity contribution in [2.45, 2.75) is 6.42 Å². The molecule has 0 aromatic heterocycles. The maximum absolute atomic E-state index is 13.7. The molecule has 5 nitrogen and oxygen atoms in total. The van der Waals surface area contributed by atoms with E-state index in [9.17, 15) is 14.0 Å². The maximum atomic E-state index is 13.7. The highest BCUT2D eigenvalue weighted by atomic mass is 19.1. The predicted octanol–water partition coefficient (Wildman–Crippen LogP) is 2.18. The highest BCUT2D eigenvalue weighted by Gasteiger charge is 2.25. The molecule has 0 unspecified atom stereocenters. The first-order valence-electron chi connectivity index (χ1n) is 9.10. The van der Waals surface area contributed by atoms with Crippen molar-refractivity contribution < 1.29 is 14.0 Å². The van der Waals surface area contributed by atoms with Crippen molar-refractivity contribution in [2.24, 2.45) is 0 Å². The van der Waals surface area contributed by atoms with Crippen molar-refractivity contribution in [2.75, 3.05) is 44.7 Å². The van der Waals surface area contributed by atoms with Crippen LogP contribution in [-0.2, 0) is 16.0 Å². The molecule has 0 saturated carbocycles. The second kappa shape index (κ2) is 8.66. The number of hydrogen-bond acceptors (Lipinski definition) is 3. The maximum Gasteiger partial charge on any atom is 0.242 e. The van der Waals surface area contributed by atoms with Gasteiger partial charge in [-0.1, -0.05) is 36.4 Å². The lowest BCUT2D eigenvalue weighted by molar-refractivity contribution is -0.138. The number of halogens is 1. The van der Waals surface area contributed by atoms with Gasteiger partial charge in [-0.15, -0.1) is 0 Å². The summed E-state index contributed by atoms with van der Waals surface area (Å²) in [4.78, 5) is 30.3. The van der Waals surface area contributed by atoms with Gasteiger partial charge in [-0.25, -0.2) is 4.39 Å². The average Bonchev–Trinajstić information content (AvgIpc) is 2.70. The largest absolute Gasteiger partial charge is 0.365 e. The van der Waals surface area contributed by atoms with E-state index in [-0.39, 0.29) is 24.1 Å². The quantitative estimate of drug-likeness (QED) is 0.811. The van der Waals surface area contributed by atoms with E-state index in [1.165, 1.54) is 6.07 Å². The molecule has 1 aliphatic rings. The van der Waals surface area contributed by atoms with Crippen LogP contribution < -0.4 is 4.90 Å². The summed E-state index contributed by atoms with van der Waals surface area (Å²) in [6, 6.07) is 16.1. The van der Waals surface area contributed by atoms with Gasteiger partial charge in [0.2, 0.25) is 11.8 Å². The first-order valence-corrected chi connectivity index (χ1v) is 9.10. The van der Waals surface area contributed by atoms with Crippen LogP contribution in [0.25, 0.3) is 0 Å². The van der Waals surface area contributed by atoms with Crippen molar-refractivity contribution in [3.8, 4) is 0 Å². The number of carbonyl (C=O) groups excluding carboxylic acids is 2. The Morgan fingerprint density at radius 3 is 2.07 bits per heavy atom. The normalized spacial score (nSPS) is 14.1. The molecule has 3 rings (SSSR count). The Morgan fingerprint density at radius 2 is 1.44 bits per heavy atom. The minimum Gasteiger partial charge on any atom is -0.365 e. The van der Waals surface area contributed by atoms with E-state index in [1.54, 1.807) is 28.0 Å². The average molecular weight is 369 g/mol. The summed E-state index contributed by atoms with van der Waals surface area (Å²) in [7, 11) is 1.89. The number of rotatable bonds is 5. The van der Waals surface area contributed by atoms with Gasteiger partial charge in [0.1, 0.15) is 5.82 Å². The minimum atomic E-state index is -0.358. The molecule has 2 aromatic carbocycles. The number of benzene rings is 2. The third-order valence-electron chi connectivity index (χ3n) is 4.85. The van der Waals surface area contributed by atoms with Gasteiger partial charge in [0.05, 0.1) is 13.0 Å². The summed E-state index contributed by atoms with van der Waals surface area (Å²) in [5.41, 5.74) is 1.40. The van der Waals surface area contributed by atoms with Crippen LogP contribution in [0.1, 0.15) is 5.56 Å². The van der Waals surface area contributed by atoms with Gasteiger partial charge in [0.15, 0.2) is 0 Å². The number of para-hydroxylation sites is 1. The molecule has 0 N–H and O–H groups in total. The number of carbonyl (C=O) groups is 2. The lowest BCUT2D eigenvalue weighted by Gasteiger charge is -2.35. The Morgan fingerprint density at radius 1 is 0.889 bits per heavy atom. The third-order valence-corrected chi connectivity index (χ3v) is 4.85. The summed E-state index contributed by atoms with van der Waals surface area (Å²) in [6.45, 7) is 2.27. The van der Waals surface area contributed by atoms with Gasteiger partial charge < -0.3 is 14.7 Å². The molecule has 27 heavy (non-hydrogen) atoms. The number of piperazine rings is 1. The van der Waals surface area contributed by atoms with E-state index in [0.29, 0.717) is 38.3 Å². The molecular formula is C21H24FN3O2. The predicted molar refractivity (Wildman–Crippen MR) is 103 cm³/mol. The van der Waals surface area contributed by atoms with E-state index in [1.807, 2.05) is 42.3 Å². The Kier molecular flexibility index (Phi) is 6.06. The van der Waals surface area contributed by atoms with E-state index in [4.69, 9.17) is 0 Å². The van der Waals surface area contributed by atoms with Gasteiger partial charge in [-0.3, -0.25) is 9.59 Å². The fourth-order valence-corrected chi connectivity index (χ4v) is 3.20. The Bertz CT molecular complexity index is 789. The fourth-order valence-electron chi connectivity index (χ4n) is 3.20. The van der Waals surface area contributed by atoms with Crippen molar-refractivity contribution in [1.29, 1.82) is 0 Å². The fraction of sp³-hybridized carbons (Fsp3) is 0.333. The van der Waals surface area contributed by atoms with Gasteiger partial charge in [0, 0.05) is 38.9 Å². The summed E-state index contributed by atoms with van der Waals surface area (Å²) in [6.07, 6.45) is 0.0529. The second-order valence-electron chi connectivity index (χ2n) is 6.72. The highest BCUT2D eigenvalue weighted by molar-refractivity contribution is 5.82. The Hall–Kier alpha value is -2.89. The Labute approximate surface area is 159 Å². The topological polar surface area (TPSA) is 43.9 Å².